The van der Waals surface area contributed by atoms with Crippen LogP contribution in [-0.4, -0.2) is 20.6 Å². The molecule has 4 heteroatoms. The maximum atomic E-state index is 3.93. The molecule has 0 radical (unpaired) electrons. The lowest BCUT2D eigenvalue weighted by Gasteiger charge is -2.06. The van der Waals surface area contributed by atoms with Crippen molar-refractivity contribution in [1.29, 1.82) is 0 Å². The van der Waals surface area contributed by atoms with Gasteiger partial charge in [-0.2, -0.15) is 5.21 Å². The average Bonchev–Trinajstić information content (AvgIpc) is 2.80. The van der Waals surface area contributed by atoms with Crippen LogP contribution in [0, 0.1) is 0 Å². The number of hydrogen-bond acceptors (Lipinski definition) is 3. The van der Waals surface area contributed by atoms with Crippen LogP contribution < -0.4 is 0 Å². The van der Waals surface area contributed by atoms with Gasteiger partial charge in [-0.05, 0) is 23.5 Å². The van der Waals surface area contributed by atoms with Gasteiger partial charge in [0.1, 0.15) is 0 Å². The molecule has 1 aromatic heterocycles. The fourth-order valence-corrected chi connectivity index (χ4v) is 1.61. The van der Waals surface area contributed by atoms with E-state index in [4.69, 9.17) is 0 Å². The Hall–Kier alpha value is -1.71. The Balaban J connectivity index is 1.95. The largest absolute Gasteiger partial charge is 0.177 e. The summed E-state index contributed by atoms with van der Waals surface area (Å²) in [7, 11) is 0. The molecule has 0 aliphatic heterocycles. The second-order valence-corrected chi connectivity index (χ2v) is 4.22. The predicted octanol–water partition coefficient (Wildman–Crippen LogP) is 2.11. The van der Waals surface area contributed by atoms with Crippen molar-refractivity contribution < 1.29 is 0 Å². The number of nitrogens with zero attached hydrogens (tertiary/aromatic N) is 3. The minimum Gasteiger partial charge on any atom is -0.177 e. The van der Waals surface area contributed by atoms with Crippen LogP contribution in [0.4, 0.5) is 0 Å². The molecule has 0 atom stereocenters. The first-order valence-corrected chi connectivity index (χ1v) is 5.57. The molecule has 0 aliphatic rings. The molecule has 0 saturated heterocycles. The third-order valence-electron chi connectivity index (χ3n) is 2.67. The van der Waals surface area contributed by atoms with Gasteiger partial charge in [-0.3, -0.25) is 0 Å². The third-order valence-corrected chi connectivity index (χ3v) is 2.67. The quantitative estimate of drug-likeness (QED) is 0.851. The zero-order chi connectivity index (χ0) is 11.4. The van der Waals surface area contributed by atoms with Crippen LogP contribution in [0.15, 0.2) is 24.3 Å². The highest BCUT2D eigenvalue weighted by Gasteiger charge is 2.01. The molecule has 0 fully saturated rings. The first kappa shape index (κ1) is 10.8. The van der Waals surface area contributed by atoms with Gasteiger partial charge >= 0.3 is 0 Å². The Morgan fingerprint density at radius 3 is 2.44 bits per heavy atom. The highest BCUT2D eigenvalue weighted by Crippen LogP contribution is 2.15. The van der Waals surface area contributed by atoms with Gasteiger partial charge in [0.15, 0.2) is 5.82 Å². The molecule has 84 valence electrons. The molecular formula is C12H16N4. The van der Waals surface area contributed by atoms with Gasteiger partial charge in [0.05, 0.1) is 0 Å². The van der Waals surface area contributed by atoms with Crippen molar-refractivity contribution in [3.05, 3.63) is 41.2 Å². The standard InChI is InChI=1S/C12H16N4/c1-9(2)11-6-3-10(4-7-11)5-8-12-13-15-16-14-12/h3-4,6-7,9H,5,8H2,1-2H3,(H,13,14,15,16). The van der Waals surface area contributed by atoms with Crippen molar-refractivity contribution in [2.45, 2.75) is 32.6 Å². The Morgan fingerprint density at radius 1 is 1.12 bits per heavy atom. The van der Waals surface area contributed by atoms with Crippen LogP contribution in [0.2, 0.25) is 0 Å². The molecule has 1 aromatic carbocycles. The van der Waals surface area contributed by atoms with Crippen molar-refractivity contribution in [2.24, 2.45) is 0 Å². The van der Waals surface area contributed by atoms with Crippen molar-refractivity contribution in [1.82, 2.24) is 20.6 Å². The predicted molar refractivity (Wildman–Crippen MR) is 62.1 cm³/mol. The molecule has 2 rings (SSSR count). The minimum absolute atomic E-state index is 0.589. The van der Waals surface area contributed by atoms with Crippen LogP contribution in [0.5, 0.6) is 0 Å². The average molecular weight is 216 g/mol. The van der Waals surface area contributed by atoms with Gasteiger partial charge in [0.25, 0.3) is 0 Å². The Kier molecular flexibility index (Phi) is 3.29. The maximum absolute atomic E-state index is 3.93. The lowest BCUT2D eigenvalue weighted by atomic mass is 10.0. The van der Waals surface area contributed by atoms with E-state index >= 15 is 0 Å². The number of nitrogens with one attached hydrogen (secondary N) is 1. The van der Waals surface area contributed by atoms with E-state index in [0.29, 0.717) is 5.92 Å². The summed E-state index contributed by atoms with van der Waals surface area (Å²) in [6, 6.07) is 8.73. The van der Waals surface area contributed by atoms with Crippen molar-refractivity contribution >= 4 is 0 Å². The number of tetrazole rings is 1. The molecule has 0 unspecified atom stereocenters. The molecule has 1 heterocycles. The molecule has 0 spiro atoms. The molecule has 0 aliphatic carbocycles. The van der Waals surface area contributed by atoms with E-state index in [1.54, 1.807) is 0 Å². The Labute approximate surface area is 95.1 Å². The zero-order valence-electron chi connectivity index (χ0n) is 9.64. The highest BCUT2D eigenvalue weighted by atomic mass is 15.5. The molecular weight excluding hydrogens is 200 g/mol. The number of hydrogen-bond donors (Lipinski definition) is 1. The van der Waals surface area contributed by atoms with Crippen LogP contribution >= 0.6 is 0 Å². The molecule has 0 amide bonds. The van der Waals surface area contributed by atoms with E-state index in [-0.39, 0.29) is 0 Å². The van der Waals surface area contributed by atoms with E-state index in [1.807, 2.05) is 0 Å². The minimum atomic E-state index is 0.589. The van der Waals surface area contributed by atoms with Crippen molar-refractivity contribution in [3.63, 3.8) is 0 Å². The fourth-order valence-electron chi connectivity index (χ4n) is 1.61. The van der Waals surface area contributed by atoms with Gasteiger partial charge in [0.2, 0.25) is 0 Å². The number of aromatic nitrogens is 4. The number of benzene rings is 1. The Morgan fingerprint density at radius 2 is 1.88 bits per heavy atom. The summed E-state index contributed by atoms with van der Waals surface area (Å²) in [5, 5.41) is 13.9. The SMILES string of the molecule is CC(C)c1ccc(CCc2nn[nH]n2)cc1. The van der Waals surface area contributed by atoms with E-state index < -0.39 is 0 Å². The normalized spacial score (nSPS) is 10.9. The van der Waals surface area contributed by atoms with E-state index in [9.17, 15) is 0 Å². The molecule has 1 N–H and O–H groups in total. The molecule has 2 aromatic rings. The highest BCUT2D eigenvalue weighted by molar-refractivity contribution is 5.24. The smallest absolute Gasteiger partial charge is 0.174 e. The van der Waals surface area contributed by atoms with Gasteiger partial charge < -0.3 is 0 Å². The fraction of sp³-hybridized carbons (Fsp3) is 0.417. The number of aryl methyl sites for hydroxylation is 2. The molecule has 0 bridgehead atoms. The number of aromatic amines is 1. The van der Waals surface area contributed by atoms with E-state index in [2.05, 4.69) is 58.7 Å². The molecule has 0 saturated carbocycles. The summed E-state index contributed by atoms with van der Waals surface area (Å²) in [5.74, 6) is 1.36. The topological polar surface area (TPSA) is 54.5 Å². The van der Waals surface area contributed by atoms with E-state index in [1.165, 1.54) is 11.1 Å². The summed E-state index contributed by atoms with van der Waals surface area (Å²) in [5.41, 5.74) is 2.69. The van der Waals surface area contributed by atoms with Crippen LogP contribution in [-0.2, 0) is 12.8 Å². The maximum Gasteiger partial charge on any atom is 0.174 e. The van der Waals surface area contributed by atoms with Crippen molar-refractivity contribution in [2.75, 3.05) is 0 Å². The van der Waals surface area contributed by atoms with Gasteiger partial charge in [0, 0.05) is 6.42 Å². The Bertz CT molecular complexity index is 417. The van der Waals surface area contributed by atoms with Crippen LogP contribution in [0.3, 0.4) is 0 Å². The van der Waals surface area contributed by atoms with Gasteiger partial charge in [-0.15, -0.1) is 10.2 Å². The van der Waals surface area contributed by atoms with Gasteiger partial charge in [-0.25, -0.2) is 0 Å². The first-order valence-electron chi connectivity index (χ1n) is 5.57. The van der Waals surface area contributed by atoms with Gasteiger partial charge in [-0.1, -0.05) is 43.3 Å². The monoisotopic (exact) mass is 216 g/mol. The van der Waals surface area contributed by atoms with E-state index in [0.717, 1.165) is 18.7 Å². The summed E-state index contributed by atoms with van der Waals surface area (Å²) in [6.07, 6.45) is 1.79. The second-order valence-electron chi connectivity index (χ2n) is 4.22. The van der Waals surface area contributed by atoms with Crippen LogP contribution in [0.1, 0.15) is 36.7 Å². The molecule has 4 nitrogen and oxygen atoms in total. The van der Waals surface area contributed by atoms with Crippen molar-refractivity contribution in [3.8, 4) is 0 Å². The first-order chi connectivity index (χ1) is 7.75. The lowest BCUT2D eigenvalue weighted by molar-refractivity contribution is 0.850. The lowest BCUT2D eigenvalue weighted by Crippen LogP contribution is -1.95. The number of rotatable bonds is 4. The van der Waals surface area contributed by atoms with Crippen LogP contribution in [0.25, 0.3) is 0 Å². The summed E-state index contributed by atoms with van der Waals surface area (Å²) in [4.78, 5) is 0. The zero-order valence-corrected chi connectivity index (χ0v) is 9.64. The third kappa shape index (κ3) is 2.66. The number of H-pyrrole nitrogens is 1. The summed E-state index contributed by atoms with van der Waals surface area (Å²) in [6.45, 7) is 4.41. The summed E-state index contributed by atoms with van der Waals surface area (Å²) < 4.78 is 0. The second kappa shape index (κ2) is 4.88. The molecule has 16 heavy (non-hydrogen) atoms. The summed E-state index contributed by atoms with van der Waals surface area (Å²) >= 11 is 0.